The van der Waals surface area contributed by atoms with E-state index in [9.17, 15) is 0 Å². The zero-order valence-corrected chi connectivity index (χ0v) is 14.2. The molecule has 1 aliphatic heterocycles. The third kappa shape index (κ3) is 3.81. The summed E-state index contributed by atoms with van der Waals surface area (Å²) in [5.41, 5.74) is 0. The lowest BCUT2D eigenvalue weighted by Gasteiger charge is -2.35. The Bertz CT molecular complexity index is 673. The normalized spacial score (nSPS) is 14.8. The van der Waals surface area contributed by atoms with E-state index in [0.29, 0.717) is 17.7 Å². The molecule has 24 heavy (non-hydrogen) atoms. The van der Waals surface area contributed by atoms with Crippen molar-refractivity contribution < 1.29 is 9.47 Å². The first-order valence-electron chi connectivity index (χ1n) is 8.01. The maximum absolute atomic E-state index is 5.62. The fourth-order valence-corrected chi connectivity index (χ4v) is 2.52. The van der Waals surface area contributed by atoms with E-state index in [-0.39, 0.29) is 6.10 Å². The number of aromatic nitrogens is 4. The molecule has 0 amide bonds. The molecule has 2 aromatic rings. The Morgan fingerprint density at radius 3 is 2.46 bits per heavy atom. The summed E-state index contributed by atoms with van der Waals surface area (Å²) in [6.45, 7) is 7.21. The van der Waals surface area contributed by atoms with Crippen LogP contribution in [0.5, 0.6) is 11.8 Å². The number of nitrogens with zero attached hydrogens (tertiary/aromatic N) is 6. The Labute approximate surface area is 141 Å². The molecule has 1 aliphatic rings. The molecule has 8 nitrogen and oxygen atoms in total. The van der Waals surface area contributed by atoms with E-state index < -0.39 is 0 Å². The summed E-state index contributed by atoms with van der Waals surface area (Å²) < 4.78 is 10.8. The van der Waals surface area contributed by atoms with Gasteiger partial charge in [-0.05, 0) is 13.8 Å². The lowest BCUT2D eigenvalue weighted by Crippen LogP contribution is -2.47. The van der Waals surface area contributed by atoms with Crippen molar-refractivity contribution in [3.63, 3.8) is 0 Å². The van der Waals surface area contributed by atoms with E-state index in [2.05, 4.69) is 29.7 Å². The summed E-state index contributed by atoms with van der Waals surface area (Å²) in [5.74, 6) is 2.66. The molecule has 1 saturated heterocycles. The summed E-state index contributed by atoms with van der Waals surface area (Å²) in [5, 5.41) is 0. The number of piperazine rings is 1. The monoisotopic (exact) mass is 330 g/mol. The first-order valence-corrected chi connectivity index (χ1v) is 8.01. The van der Waals surface area contributed by atoms with Crippen LogP contribution in [0.15, 0.2) is 24.7 Å². The van der Waals surface area contributed by atoms with Crippen LogP contribution in [0.4, 0.5) is 11.8 Å². The minimum Gasteiger partial charge on any atom is -0.481 e. The third-order valence-electron chi connectivity index (χ3n) is 3.67. The Morgan fingerprint density at radius 2 is 1.75 bits per heavy atom. The lowest BCUT2D eigenvalue weighted by molar-refractivity contribution is 0.231. The van der Waals surface area contributed by atoms with Gasteiger partial charge in [-0.15, -0.1) is 0 Å². The summed E-state index contributed by atoms with van der Waals surface area (Å²) in [6, 6.07) is 1.75. The highest BCUT2D eigenvalue weighted by molar-refractivity contribution is 5.42. The molecule has 0 aromatic carbocycles. The zero-order chi connectivity index (χ0) is 16.9. The van der Waals surface area contributed by atoms with Gasteiger partial charge in [0.2, 0.25) is 17.7 Å². The number of hydrogen-bond donors (Lipinski definition) is 0. The Kier molecular flexibility index (Phi) is 4.93. The Hall–Kier alpha value is -2.64. The van der Waals surface area contributed by atoms with Crippen LogP contribution < -0.4 is 19.3 Å². The molecule has 0 aliphatic carbocycles. The average Bonchev–Trinajstić information content (AvgIpc) is 2.61. The predicted molar refractivity (Wildman–Crippen MR) is 90.8 cm³/mol. The molecule has 0 bridgehead atoms. The molecule has 3 heterocycles. The molecule has 3 rings (SSSR count). The summed E-state index contributed by atoms with van der Waals surface area (Å²) >= 11 is 0. The van der Waals surface area contributed by atoms with E-state index in [4.69, 9.17) is 9.47 Å². The average molecular weight is 330 g/mol. The van der Waals surface area contributed by atoms with Crippen LogP contribution in [0.1, 0.15) is 13.8 Å². The van der Waals surface area contributed by atoms with Gasteiger partial charge in [-0.2, -0.15) is 9.97 Å². The highest BCUT2D eigenvalue weighted by atomic mass is 16.5. The number of methoxy groups -OCH3 is 1. The van der Waals surface area contributed by atoms with Crippen molar-refractivity contribution in [1.82, 2.24) is 19.9 Å². The van der Waals surface area contributed by atoms with Crippen molar-refractivity contribution in [1.29, 1.82) is 0 Å². The van der Waals surface area contributed by atoms with Crippen molar-refractivity contribution >= 4 is 11.8 Å². The quantitative estimate of drug-likeness (QED) is 0.814. The van der Waals surface area contributed by atoms with Gasteiger partial charge in [-0.1, -0.05) is 0 Å². The molecular weight excluding hydrogens is 308 g/mol. The molecule has 1 fully saturated rings. The number of anilines is 2. The van der Waals surface area contributed by atoms with Gasteiger partial charge in [0, 0.05) is 38.4 Å². The molecule has 0 saturated carbocycles. The van der Waals surface area contributed by atoms with Crippen LogP contribution in [-0.4, -0.2) is 59.3 Å². The van der Waals surface area contributed by atoms with Crippen molar-refractivity contribution in [2.45, 2.75) is 20.0 Å². The van der Waals surface area contributed by atoms with Crippen LogP contribution in [0.2, 0.25) is 0 Å². The molecule has 0 N–H and O–H groups in total. The van der Waals surface area contributed by atoms with Gasteiger partial charge < -0.3 is 19.3 Å². The highest BCUT2D eigenvalue weighted by Crippen LogP contribution is 2.19. The van der Waals surface area contributed by atoms with Crippen LogP contribution in [0, 0.1) is 0 Å². The van der Waals surface area contributed by atoms with Gasteiger partial charge in [0.25, 0.3) is 0 Å². The first-order chi connectivity index (χ1) is 11.7. The van der Waals surface area contributed by atoms with Crippen LogP contribution in [-0.2, 0) is 0 Å². The molecule has 0 atom stereocenters. The van der Waals surface area contributed by atoms with Crippen molar-refractivity contribution in [3.8, 4) is 11.8 Å². The van der Waals surface area contributed by atoms with Crippen LogP contribution in [0.3, 0.4) is 0 Å². The zero-order valence-electron chi connectivity index (χ0n) is 14.2. The van der Waals surface area contributed by atoms with Crippen molar-refractivity contribution in [2.24, 2.45) is 0 Å². The summed E-state index contributed by atoms with van der Waals surface area (Å²) in [7, 11) is 1.61. The lowest BCUT2D eigenvalue weighted by atomic mass is 10.3. The van der Waals surface area contributed by atoms with E-state index in [0.717, 1.165) is 32.0 Å². The highest BCUT2D eigenvalue weighted by Gasteiger charge is 2.21. The SMILES string of the molecule is COc1ccnc(N2CCN(c3cncc(OC(C)C)n3)CC2)n1. The number of rotatable bonds is 5. The maximum Gasteiger partial charge on any atom is 0.234 e. The second-order valence-corrected chi connectivity index (χ2v) is 5.76. The van der Waals surface area contributed by atoms with Crippen LogP contribution >= 0.6 is 0 Å². The van der Waals surface area contributed by atoms with Crippen LogP contribution in [0.25, 0.3) is 0 Å². The predicted octanol–water partition coefficient (Wildman–Crippen LogP) is 1.39. The van der Waals surface area contributed by atoms with Gasteiger partial charge in [0.05, 0.1) is 25.6 Å². The summed E-state index contributed by atoms with van der Waals surface area (Å²) in [4.78, 5) is 21.8. The van der Waals surface area contributed by atoms with Crippen molar-refractivity contribution in [3.05, 3.63) is 24.7 Å². The van der Waals surface area contributed by atoms with E-state index in [1.807, 2.05) is 13.8 Å². The maximum atomic E-state index is 5.62. The number of hydrogen-bond acceptors (Lipinski definition) is 8. The van der Waals surface area contributed by atoms with Gasteiger partial charge in [0.1, 0.15) is 0 Å². The van der Waals surface area contributed by atoms with Gasteiger partial charge in [-0.3, -0.25) is 4.98 Å². The van der Waals surface area contributed by atoms with Gasteiger partial charge in [0.15, 0.2) is 5.82 Å². The van der Waals surface area contributed by atoms with Gasteiger partial charge in [-0.25, -0.2) is 4.98 Å². The molecule has 2 aromatic heterocycles. The topological polar surface area (TPSA) is 76.5 Å². The molecule has 0 unspecified atom stereocenters. The van der Waals surface area contributed by atoms with E-state index >= 15 is 0 Å². The Balaban J connectivity index is 1.64. The third-order valence-corrected chi connectivity index (χ3v) is 3.67. The standard InChI is InChI=1S/C16H22N6O2/c1-12(2)24-15-11-17-10-13(19-15)21-6-8-22(9-7-21)16-18-5-4-14(20-16)23-3/h4-5,10-12H,6-9H2,1-3H3. The minimum atomic E-state index is 0.0802. The Morgan fingerprint density at radius 1 is 1.00 bits per heavy atom. The smallest absolute Gasteiger partial charge is 0.234 e. The molecule has 0 radical (unpaired) electrons. The number of ether oxygens (including phenoxy) is 2. The first kappa shape index (κ1) is 16.2. The van der Waals surface area contributed by atoms with Gasteiger partial charge >= 0.3 is 0 Å². The largest absolute Gasteiger partial charge is 0.481 e. The molecule has 8 heteroatoms. The van der Waals surface area contributed by atoms with Crippen molar-refractivity contribution in [2.75, 3.05) is 43.1 Å². The fourth-order valence-electron chi connectivity index (χ4n) is 2.52. The molecule has 128 valence electrons. The fraction of sp³-hybridized carbons (Fsp3) is 0.500. The molecule has 0 spiro atoms. The van der Waals surface area contributed by atoms with E-state index in [1.165, 1.54) is 0 Å². The minimum absolute atomic E-state index is 0.0802. The van der Waals surface area contributed by atoms with E-state index in [1.54, 1.807) is 31.8 Å². The molecular formula is C16H22N6O2. The second-order valence-electron chi connectivity index (χ2n) is 5.76. The second kappa shape index (κ2) is 7.29. The summed E-state index contributed by atoms with van der Waals surface area (Å²) in [6.07, 6.45) is 5.21.